The number of hydrogen-bond acceptors (Lipinski definition) is 4. The van der Waals surface area contributed by atoms with Gasteiger partial charge < -0.3 is 14.7 Å². The van der Waals surface area contributed by atoms with Gasteiger partial charge in [0.05, 0.1) is 17.7 Å². The lowest BCUT2D eigenvalue weighted by Crippen LogP contribution is -2.36. The molecule has 2 aromatic rings. The molecule has 2 saturated heterocycles. The lowest BCUT2D eigenvalue weighted by molar-refractivity contribution is -0.140. The summed E-state index contributed by atoms with van der Waals surface area (Å²) in [5.74, 6) is -1.51. The molecule has 1 N–H and O–H groups in total. The van der Waals surface area contributed by atoms with E-state index in [9.17, 15) is 14.7 Å². The van der Waals surface area contributed by atoms with Crippen LogP contribution < -0.4 is 0 Å². The van der Waals surface area contributed by atoms with Crippen LogP contribution in [0.2, 0.25) is 5.02 Å². The van der Waals surface area contributed by atoms with E-state index in [0.29, 0.717) is 23.7 Å². The number of likely N-dealkylation sites (tertiary alicyclic amines) is 1. The van der Waals surface area contributed by atoms with Gasteiger partial charge in [-0.25, -0.2) is 0 Å². The molecule has 2 atom stereocenters. The minimum atomic E-state index is -0.685. The molecule has 0 bridgehead atoms. The van der Waals surface area contributed by atoms with E-state index in [1.165, 1.54) is 4.90 Å². The Labute approximate surface area is 180 Å². The van der Waals surface area contributed by atoms with Gasteiger partial charge in [0.15, 0.2) is 0 Å². The number of hydrogen-bond donors (Lipinski definition) is 1. The van der Waals surface area contributed by atoms with Gasteiger partial charge in [0.1, 0.15) is 5.76 Å². The van der Waals surface area contributed by atoms with E-state index < -0.39 is 17.7 Å². The summed E-state index contributed by atoms with van der Waals surface area (Å²) in [6.07, 6.45) is 2.57. The van der Waals surface area contributed by atoms with Crippen molar-refractivity contribution in [3.8, 4) is 0 Å². The molecule has 2 aliphatic rings. The van der Waals surface area contributed by atoms with Gasteiger partial charge in [0, 0.05) is 23.7 Å². The van der Waals surface area contributed by atoms with E-state index in [1.54, 1.807) is 24.3 Å². The van der Waals surface area contributed by atoms with Crippen LogP contribution in [0.25, 0.3) is 5.76 Å². The number of amides is 1. The van der Waals surface area contributed by atoms with Crippen molar-refractivity contribution < 1.29 is 19.4 Å². The van der Waals surface area contributed by atoms with Gasteiger partial charge >= 0.3 is 0 Å². The standard InChI is InChI=1S/C24H24ClNO4/c1-2-15-8-10-16(11-9-15)21-20(22(27)17-5-3-6-18(25)13-17)23(28)24(29)26(21)14-19-7-4-12-30-19/h3,5-6,8-11,13,19,21,27H,2,4,7,12,14H2,1H3/b22-20-. The van der Waals surface area contributed by atoms with Crippen molar-refractivity contribution in [2.24, 2.45) is 0 Å². The lowest BCUT2D eigenvalue weighted by Gasteiger charge is -2.27. The zero-order valence-electron chi connectivity index (χ0n) is 16.8. The molecule has 1 amide bonds. The molecule has 2 unspecified atom stereocenters. The number of rotatable bonds is 5. The van der Waals surface area contributed by atoms with Gasteiger partial charge in [0.2, 0.25) is 0 Å². The van der Waals surface area contributed by atoms with Crippen LogP contribution in [0, 0.1) is 0 Å². The first kappa shape index (κ1) is 20.6. The highest BCUT2D eigenvalue weighted by atomic mass is 35.5. The Morgan fingerprint density at radius 2 is 1.97 bits per heavy atom. The van der Waals surface area contributed by atoms with Gasteiger partial charge in [-0.2, -0.15) is 0 Å². The first-order chi connectivity index (χ1) is 14.5. The molecular formula is C24H24ClNO4. The molecule has 4 rings (SSSR count). The third kappa shape index (κ3) is 3.87. The van der Waals surface area contributed by atoms with Gasteiger partial charge in [-0.05, 0) is 42.5 Å². The number of carbonyl (C=O) groups excluding carboxylic acids is 2. The van der Waals surface area contributed by atoms with Crippen molar-refractivity contribution in [3.05, 3.63) is 75.8 Å². The molecule has 6 heteroatoms. The van der Waals surface area contributed by atoms with Gasteiger partial charge in [-0.15, -0.1) is 0 Å². The summed E-state index contributed by atoms with van der Waals surface area (Å²) < 4.78 is 5.71. The zero-order chi connectivity index (χ0) is 21.3. The minimum Gasteiger partial charge on any atom is -0.507 e. The Bertz CT molecular complexity index is 993. The first-order valence-corrected chi connectivity index (χ1v) is 10.6. The lowest BCUT2D eigenvalue weighted by atomic mass is 9.94. The minimum absolute atomic E-state index is 0.0875. The second-order valence-electron chi connectivity index (χ2n) is 7.69. The Morgan fingerprint density at radius 1 is 1.20 bits per heavy atom. The Kier molecular flexibility index (Phi) is 5.93. The molecule has 0 saturated carbocycles. The fraction of sp³-hybridized carbons (Fsp3) is 0.333. The molecule has 2 heterocycles. The number of halogens is 1. The predicted octanol–water partition coefficient (Wildman–Crippen LogP) is 4.50. The van der Waals surface area contributed by atoms with E-state index in [1.807, 2.05) is 24.3 Å². The third-order valence-electron chi connectivity index (χ3n) is 5.77. The number of carbonyl (C=O) groups is 2. The number of Topliss-reactive ketones (excluding diaryl/α,β-unsaturated/α-hetero) is 1. The Balaban J connectivity index is 1.82. The molecule has 0 spiro atoms. The van der Waals surface area contributed by atoms with Crippen LogP contribution in [-0.4, -0.2) is 41.0 Å². The van der Waals surface area contributed by atoms with Crippen LogP contribution in [0.15, 0.2) is 54.1 Å². The quantitative estimate of drug-likeness (QED) is 0.435. The molecule has 2 aromatic carbocycles. The number of ketones is 1. The van der Waals surface area contributed by atoms with Crippen LogP contribution in [-0.2, 0) is 20.7 Å². The van der Waals surface area contributed by atoms with Crippen LogP contribution in [0.4, 0.5) is 0 Å². The monoisotopic (exact) mass is 425 g/mol. The summed E-state index contributed by atoms with van der Waals surface area (Å²) in [6.45, 7) is 3.04. The summed E-state index contributed by atoms with van der Waals surface area (Å²) in [5, 5.41) is 11.5. The number of aliphatic hydroxyl groups excluding tert-OH is 1. The molecular weight excluding hydrogens is 402 g/mol. The van der Waals surface area contributed by atoms with Crippen molar-refractivity contribution in [2.45, 2.75) is 38.3 Å². The third-order valence-corrected chi connectivity index (χ3v) is 6.00. The molecule has 0 aromatic heterocycles. The fourth-order valence-electron chi connectivity index (χ4n) is 4.15. The smallest absolute Gasteiger partial charge is 0.295 e. The van der Waals surface area contributed by atoms with Gasteiger partial charge in [0.25, 0.3) is 11.7 Å². The molecule has 0 aliphatic carbocycles. The summed E-state index contributed by atoms with van der Waals surface area (Å²) >= 11 is 6.08. The molecule has 0 radical (unpaired) electrons. The highest BCUT2D eigenvalue weighted by molar-refractivity contribution is 6.46. The maximum atomic E-state index is 13.0. The Hall–Kier alpha value is -2.63. The highest BCUT2D eigenvalue weighted by Crippen LogP contribution is 2.40. The number of ether oxygens (including phenoxy) is 1. The average Bonchev–Trinajstić information content (AvgIpc) is 3.36. The largest absolute Gasteiger partial charge is 0.507 e. The maximum absolute atomic E-state index is 13.0. The predicted molar refractivity (Wildman–Crippen MR) is 115 cm³/mol. The van der Waals surface area contributed by atoms with Crippen molar-refractivity contribution in [1.29, 1.82) is 0 Å². The summed E-state index contributed by atoms with van der Waals surface area (Å²) in [6, 6.07) is 13.8. The summed E-state index contributed by atoms with van der Waals surface area (Å²) in [7, 11) is 0. The Morgan fingerprint density at radius 3 is 2.60 bits per heavy atom. The van der Waals surface area contributed by atoms with E-state index in [4.69, 9.17) is 16.3 Å². The molecule has 2 aliphatic heterocycles. The SMILES string of the molecule is CCc1ccc(C2/C(=C(/O)c3cccc(Cl)c3)C(=O)C(=O)N2CC2CCCO2)cc1. The number of benzene rings is 2. The zero-order valence-corrected chi connectivity index (χ0v) is 17.6. The van der Waals surface area contributed by atoms with E-state index in [2.05, 4.69) is 6.92 Å². The normalized spacial score (nSPS) is 23.3. The second-order valence-corrected chi connectivity index (χ2v) is 8.13. The molecule has 30 heavy (non-hydrogen) atoms. The van der Waals surface area contributed by atoms with Crippen molar-refractivity contribution >= 4 is 29.1 Å². The second kappa shape index (κ2) is 8.62. The molecule has 5 nitrogen and oxygen atoms in total. The fourth-order valence-corrected chi connectivity index (χ4v) is 4.34. The van der Waals surface area contributed by atoms with Gasteiger partial charge in [-0.1, -0.05) is 54.9 Å². The average molecular weight is 426 g/mol. The maximum Gasteiger partial charge on any atom is 0.295 e. The van der Waals surface area contributed by atoms with Crippen LogP contribution in [0.3, 0.4) is 0 Å². The van der Waals surface area contributed by atoms with Crippen LogP contribution >= 0.6 is 11.6 Å². The number of nitrogens with zero attached hydrogens (tertiary/aromatic N) is 1. The molecule has 156 valence electrons. The van der Waals surface area contributed by atoms with Crippen LogP contribution in [0.1, 0.15) is 42.5 Å². The number of aliphatic hydroxyl groups is 1. The van der Waals surface area contributed by atoms with E-state index >= 15 is 0 Å². The van der Waals surface area contributed by atoms with E-state index in [0.717, 1.165) is 30.4 Å². The van der Waals surface area contributed by atoms with Gasteiger partial charge in [-0.3, -0.25) is 9.59 Å². The highest BCUT2D eigenvalue weighted by Gasteiger charge is 2.47. The summed E-state index contributed by atoms with van der Waals surface area (Å²) in [5.41, 5.74) is 2.44. The summed E-state index contributed by atoms with van der Waals surface area (Å²) in [4.78, 5) is 27.5. The van der Waals surface area contributed by atoms with E-state index in [-0.39, 0.29) is 17.4 Å². The molecule has 2 fully saturated rings. The first-order valence-electron chi connectivity index (χ1n) is 10.2. The topological polar surface area (TPSA) is 66.8 Å². The van der Waals surface area contributed by atoms with Crippen molar-refractivity contribution in [2.75, 3.05) is 13.2 Å². The van der Waals surface area contributed by atoms with Crippen LogP contribution in [0.5, 0.6) is 0 Å². The number of aryl methyl sites for hydroxylation is 1. The van der Waals surface area contributed by atoms with Crippen molar-refractivity contribution in [3.63, 3.8) is 0 Å². The van der Waals surface area contributed by atoms with Crippen molar-refractivity contribution in [1.82, 2.24) is 4.90 Å².